The van der Waals surface area contributed by atoms with E-state index in [0.717, 1.165) is 0 Å². The Kier molecular flexibility index (Phi) is 3.99. The number of hydrogen-bond donors (Lipinski definition) is 3. The van der Waals surface area contributed by atoms with Crippen molar-refractivity contribution in [1.29, 1.82) is 0 Å². The molecule has 0 aliphatic heterocycles. The van der Waals surface area contributed by atoms with E-state index >= 15 is 0 Å². The Labute approximate surface area is 114 Å². The Bertz CT molecular complexity index is 623. The van der Waals surface area contributed by atoms with Gasteiger partial charge in [0.1, 0.15) is 12.0 Å². The quantitative estimate of drug-likeness (QED) is 0.791. The number of nitrogens with zero attached hydrogens (tertiary/aromatic N) is 1. The lowest BCUT2D eigenvalue weighted by Gasteiger charge is -2.08. The molecule has 0 bridgehead atoms. The van der Waals surface area contributed by atoms with Crippen molar-refractivity contribution in [3.63, 3.8) is 0 Å². The monoisotopic (exact) mass is 275 g/mol. The Morgan fingerprint density at radius 3 is 2.80 bits per heavy atom. The third kappa shape index (κ3) is 3.35. The number of urea groups is 1. The largest absolute Gasteiger partial charge is 0.478 e. The molecule has 0 unspecified atom stereocenters. The van der Waals surface area contributed by atoms with Crippen molar-refractivity contribution in [1.82, 2.24) is 10.5 Å². The summed E-state index contributed by atoms with van der Waals surface area (Å²) in [6, 6.07) is 5.86. The van der Waals surface area contributed by atoms with E-state index < -0.39 is 12.0 Å². The third-order valence-electron chi connectivity index (χ3n) is 2.65. The minimum atomic E-state index is -1.03. The number of benzene rings is 1. The highest BCUT2D eigenvalue weighted by Crippen LogP contribution is 2.15. The molecule has 0 aliphatic carbocycles. The van der Waals surface area contributed by atoms with Gasteiger partial charge in [0.25, 0.3) is 0 Å². The second-order valence-electron chi connectivity index (χ2n) is 4.13. The number of amides is 2. The van der Waals surface area contributed by atoms with E-state index in [2.05, 4.69) is 20.3 Å². The Morgan fingerprint density at radius 2 is 2.15 bits per heavy atom. The summed E-state index contributed by atoms with van der Waals surface area (Å²) < 4.78 is 4.63. The molecule has 0 saturated carbocycles. The van der Waals surface area contributed by atoms with Crippen LogP contribution >= 0.6 is 0 Å². The first kappa shape index (κ1) is 13.6. The number of aryl methyl sites for hydroxylation is 1. The fourth-order valence-corrected chi connectivity index (χ4v) is 1.61. The molecule has 3 N–H and O–H groups in total. The number of aromatic carboxylic acids is 1. The van der Waals surface area contributed by atoms with Gasteiger partial charge < -0.3 is 20.3 Å². The zero-order valence-electron chi connectivity index (χ0n) is 10.7. The van der Waals surface area contributed by atoms with E-state index in [4.69, 9.17) is 5.11 Å². The van der Waals surface area contributed by atoms with Crippen molar-refractivity contribution >= 4 is 17.7 Å². The standard InChI is InChI=1S/C13H13N3O4/c1-8-2-3-9(6-11(8)12(17)18)15-13(19)14-7-10-4-5-20-16-10/h2-6H,7H2,1H3,(H,17,18)(H2,14,15,19). The molecule has 104 valence electrons. The molecular weight excluding hydrogens is 262 g/mol. The zero-order valence-corrected chi connectivity index (χ0v) is 10.7. The van der Waals surface area contributed by atoms with Gasteiger partial charge in [0, 0.05) is 11.8 Å². The predicted octanol–water partition coefficient (Wildman–Crippen LogP) is 2.00. The maximum Gasteiger partial charge on any atom is 0.336 e. The van der Waals surface area contributed by atoms with Crippen molar-refractivity contribution in [2.45, 2.75) is 13.5 Å². The number of anilines is 1. The summed E-state index contributed by atoms with van der Waals surface area (Å²) in [6.07, 6.45) is 1.41. The van der Waals surface area contributed by atoms with E-state index in [0.29, 0.717) is 16.9 Å². The van der Waals surface area contributed by atoms with Crippen LogP contribution < -0.4 is 10.6 Å². The maximum atomic E-state index is 11.6. The molecule has 0 fully saturated rings. The number of hydrogen-bond acceptors (Lipinski definition) is 4. The molecule has 20 heavy (non-hydrogen) atoms. The highest BCUT2D eigenvalue weighted by Gasteiger charge is 2.09. The van der Waals surface area contributed by atoms with Gasteiger partial charge in [-0.05, 0) is 24.6 Å². The number of aromatic nitrogens is 1. The topological polar surface area (TPSA) is 104 Å². The van der Waals surface area contributed by atoms with Crippen LogP contribution in [-0.2, 0) is 6.54 Å². The number of carbonyl (C=O) groups excluding carboxylic acids is 1. The molecule has 1 aromatic heterocycles. The van der Waals surface area contributed by atoms with Crippen LogP contribution in [0.5, 0.6) is 0 Å². The van der Waals surface area contributed by atoms with Crippen LogP contribution in [0.25, 0.3) is 0 Å². The van der Waals surface area contributed by atoms with E-state index in [1.165, 1.54) is 12.3 Å². The molecular formula is C13H13N3O4. The third-order valence-corrected chi connectivity index (χ3v) is 2.65. The van der Waals surface area contributed by atoms with Gasteiger partial charge in [-0.25, -0.2) is 9.59 Å². The first-order valence-corrected chi connectivity index (χ1v) is 5.84. The Hall–Kier alpha value is -2.83. The van der Waals surface area contributed by atoms with Gasteiger partial charge in [-0.15, -0.1) is 0 Å². The molecule has 0 radical (unpaired) electrons. The molecule has 0 spiro atoms. The van der Waals surface area contributed by atoms with Gasteiger partial charge in [-0.1, -0.05) is 11.2 Å². The molecule has 7 heteroatoms. The van der Waals surface area contributed by atoms with E-state index in [-0.39, 0.29) is 12.1 Å². The molecule has 0 saturated heterocycles. The molecule has 0 atom stereocenters. The van der Waals surface area contributed by atoms with Gasteiger partial charge in [-0.2, -0.15) is 0 Å². The number of nitrogens with one attached hydrogen (secondary N) is 2. The smallest absolute Gasteiger partial charge is 0.336 e. The maximum absolute atomic E-state index is 11.6. The summed E-state index contributed by atoms with van der Waals surface area (Å²) in [7, 11) is 0. The van der Waals surface area contributed by atoms with Gasteiger partial charge in [0.05, 0.1) is 12.1 Å². The van der Waals surface area contributed by atoms with Gasteiger partial charge in [0.2, 0.25) is 0 Å². The summed E-state index contributed by atoms with van der Waals surface area (Å²) >= 11 is 0. The minimum Gasteiger partial charge on any atom is -0.478 e. The summed E-state index contributed by atoms with van der Waals surface area (Å²) in [5, 5.41) is 17.8. The first-order chi connectivity index (χ1) is 9.56. The SMILES string of the molecule is Cc1ccc(NC(=O)NCc2ccon2)cc1C(=O)O. The highest BCUT2D eigenvalue weighted by molar-refractivity contribution is 5.94. The van der Waals surface area contributed by atoms with E-state index in [9.17, 15) is 9.59 Å². The highest BCUT2D eigenvalue weighted by atomic mass is 16.5. The second kappa shape index (κ2) is 5.87. The molecule has 1 heterocycles. The van der Waals surface area contributed by atoms with Gasteiger partial charge in [-0.3, -0.25) is 0 Å². The molecule has 7 nitrogen and oxygen atoms in total. The number of rotatable bonds is 4. The van der Waals surface area contributed by atoms with Crippen LogP contribution in [0.2, 0.25) is 0 Å². The second-order valence-corrected chi connectivity index (χ2v) is 4.13. The summed E-state index contributed by atoms with van der Waals surface area (Å²) in [5.74, 6) is -1.03. The Balaban J connectivity index is 1.97. The van der Waals surface area contributed by atoms with Crippen LogP contribution in [-0.4, -0.2) is 22.3 Å². The molecule has 2 rings (SSSR count). The minimum absolute atomic E-state index is 0.152. The van der Waals surface area contributed by atoms with Crippen molar-refractivity contribution in [3.8, 4) is 0 Å². The lowest BCUT2D eigenvalue weighted by molar-refractivity contribution is 0.0696. The molecule has 2 aromatic rings. The average molecular weight is 275 g/mol. The van der Waals surface area contributed by atoms with Crippen LogP contribution in [0.15, 0.2) is 35.1 Å². The van der Waals surface area contributed by atoms with E-state index in [1.807, 2.05) is 0 Å². The normalized spacial score (nSPS) is 10.1. The number of carboxylic acid groups (broad SMARTS) is 1. The van der Waals surface area contributed by atoms with Gasteiger partial charge in [0.15, 0.2) is 0 Å². The number of carboxylic acids is 1. The van der Waals surface area contributed by atoms with Crippen LogP contribution in [0, 0.1) is 6.92 Å². The van der Waals surface area contributed by atoms with Crippen molar-refractivity contribution in [2.24, 2.45) is 0 Å². The summed E-state index contributed by atoms with van der Waals surface area (Å²) in [5.41, 5.74) is 1.78. The summed E-state index contributed by atoms with van der Waals surface area (Å²) in [6.45, 7) is 1.91. The van der Waals surface area contributed by atoms with Crippen molar-refractivity contribution < 1.29 is 19.2 Å². The van der Waals surface area contributed by atoms with Crippen molar-refractivity contribution in [3.05, 3.63) is 47.3 Å². The predicted molar refractivity (Wildman–Crippen MR) is 70.5 cm³/mol. The average Bonchev–Trinajstić information content (AvgIpc) is 2.91. The fourth-order valence-electron chi connectivity index (χ4n) is 1.61. The fraction of sp³-hybridized carbons (Fsp3) is 0.154. The van der Waals surface area contributed by atoms with Crippen LogP contribution in [0.1, 0.15) is 21.6 Å². The molecule has 2 amide bonds. The lowest BCUT2D eigenvalue weighted by atomic mass is 10.1. The van der Waals surface area contributed by atoms with Crippen LogP contribution in [0.4, 0.5) is 10.5 Å². The molecule has 0 aliphatic rings. The zero-order chi connectivity index (χ0) is 14.5. The first-order valence-electron chi connectivity index (χ1n) is 5.84. The van der Waals surface area contributed by atoms with Gasteiger partial charge >= 0.3 is 12.0 Å². The van der Waals surface area contributed by atoms with Crippen LogP contribution in [0.3, 0.4) is 0 Å². The lowest BCUT2D eigenvalue weighted by Crippen LogP contribution is -2.28. The van der Waals surface area contributed by atoms with Crippen molar-refractivity contribution in [2.75, 3.05) is 5.32 Å². The summed E-state index contributed by atoms with van der Waals surface area (Å²) in [4.78, 5) is 22.6. The number of carbonyl (C=O) groups is 2. The molecule has 1 aromatic carbocycles. The van der Waals surface area contributed by atoms with E-state index in [1.54, 1.807) is 25.1 Å². The Morgan fingerprint density at radius 1 is 1.35 bits per heavy atom.